The lowest BCUT2D eigenvalue weighted by Gasteiger charge is -2.28. The van der Waals surface area contributed by atoms with Gasteiger partial charge in [0.05, 0.1) is 25.3 Å². The van der Waals surface area contributed by atoms with Crippen LogP contribution in [0.15, 0.2) is 53.5 Å². The summed E-state index contributed by atoms with van der Waals surface area (Å²) in [5.41, 5.74) is 2.37. The second-order valence-corrected chi connectivity index (χ2v) is 7.01. The number of rotatable bonds is 6. The molecule has 0 radical (unpaired) electrons. The highest BCUT2D eigenvalue weighted by molar-refractivity contribution is 5.79. The normalized spacial score (nSPS) is 15.2. The molecule has 1 saturated heterocycles. The van der Waals surface area contributed by atoms with Gasteiger partial charge in [-0.3, -0.25) is 0 Å². The first-order valence-electron chi connectivity index (χ1n) is 10.1. The summed E-state index contributed by atoms with van der Waals surface area (Å²) in [6.45, 7) is 6.85. The molecule has 2 aromatic carbocycles. The summed E-state index contributed by atoms with van der Waals surface area (Å²) in [5, 5.41) is 6.32. The number of nitrogens with zero attached hydrogens (tertiary/aromatic N) is 2. The quantitative estimate of drug-likeness (QED) is 0.551. The SMILES string of the molecule is CCNC(=NCc1ccc(N2CCOCC2)cc1)NCc1ccc(C(F)(F)F)cc1. The average Bonchev–Trinajstić information content (AvgIpc) is 2.76. The van der Waals surface area contributed by atoms with Crippen molar-refractivity contribution in [3.8, 4) is 0 Å². The highest BCUT2D eigenvalue weighted by atomic mass is 19.4. The molecule has 30 heavy (non-hydrogen) atoms. The number of alkyl halides is 3. The van der Waals surface area contributed by atoms with Crippen molar-refractivity contribution in [2.24, 2.45) is 4.99 Å². The van der Waals surface area contributed by atoms with Crippen LogP contribution in [0.3, 0.4) is 0 Å². The van der Waals surface area contributed by atoms with Gasteiger partial charge >= 0.3 is 6.18 Å². The van der Waals surface area contributed by atoms with Crippen LogP contribution in [0.2, 0.25) is 0 Å². The Morgan fingerprint density at radius 3 is 2.20 bits per heavy atom. The fourth-order valence-electron chi connectivity index (χ4n) is 3.14. The van der Waals surface area contributed by atoms with Gasteiger partial charge in [-0.2, -0.15) is 13.2 Å². The monoisotopic (exact) mass is 420 g/mol. The number of ether oxygens (including phenoxy) is 1. The van der Waals surface area contributed by atoms with Crippen molar-refractivity contribution >= 4 is 11.6 Å². The van der Waals surface area contributed by atoms with E-state index in [1.54, 1.807) is 0 Å². The Labute approximate surface area is 174 Å². The molecule has 0 amide bonds. The van der Waals surface area contributed by atoms with Crippen LogP contribution in [-0.2, 0) is 24.0 Å². The molecule has 2 N–H and O–H groups in total. The van der Waals surface area contributed by atoms with E-state index in [2.05, 4.69) is 44.8 Å². The Morgan fingerprint density at radius 1 is 0.967 bits per heavy atom. The molecule has 1 fully saturated rings. The third-order valence-electron chi connectivity index (χ3n) is 4.82. The second-order valence-electron chi connectivity index (χ2n) is 7.01. The fourth-order valence-corrected chi connectivity index (χ4v) is 3.14. The molecule has 1 aliphatic rings. The zero-order chi connectivity index (χ0) is 21.4. The van der Waals surface area contributed by atoms with Crippen LogP contribution in [0.5, 0.6) is 0 Å². The minimum atomic E-state index is -4.32. The van der Waals surface area contributed by atoms with Crippen molar-refractivity contribution in [3.05, 3.63) is 65.2 Å². The maximum Gasteiger partial charge on any atom is 0.416 e. The number of anilines is 1. The first-order chi connectivity index (χ1) is 14.5. The zero-order valence-electron chi connectivity index (χ0n) is 17.0. The topological polar surface area (TPSA) is 48.9 Å². The number of nitrogens with one attached hydrogen (secondary N) is 2. The number of hydrogen-bond acceptors (Lipinski definition) is 3. The Hall–Kier alpha value is -2.74. The van der Waals surface area contributed by atoms with Crippen molar-refractivity contribution < 1.29 is 17.9 Å². The van der Waals surface area contributed by atoms with Crippen molar-refractivity contribution in [3.63, 3.8) is 0 Å². The van der Waals surface area contributed by atoms with Crippen LogP contribution in [0.1, 0.15) is 23.6 Å². The summed E-state index contributed by atoms with van der Waals surface area (Å²) in [5.74, 6) is 0.620. The van der Waals surface area contributed by atoms with Crippen LogP contribution >= 0.6 is 0 Å². The number of morpholine rings is 1. The van der Waals surface area contributed by atoms with Gasteiger partial charge in [-0.15, -0.1) is 0 Å². The Kier molecular flexibility index (Phi) is 7.57. The van der Waals surface area contributed by atoms with Gasteiger partial charge in [-0.1, -0.05) is 24.3 Å². The van der Waals surface area contributed by atoms with Gasteiger partial charge in [-0.05, 0) is 42.3 Å². The number of guanidine groups is 1. The molecule has 0 saturated carbocycles. The minimum Gasteiger partial charge on any atom is -0.378 e. The molecule has 1 heterocycles. The largest absolute Gasteiger partial charge is 0.416 e. The molecule has 0 unspecified atom stereocenters. The lowest BCUT2D eigenvalue weighted by molar-refractivity contribution is -0.137. The van der Waals surface area contributed by atoms with Gasteiger partial charge in [0.2, 0.25) is 0 Å². The van der Waals surface area contributed by atoms with Crippen LogP contribution in [0, 0.1) is 0 Å². The van der Waals surface area contributed by atoms with Gasteiger partial charge in [-0.25, -0.2) is 4.99 Å². The van der Waals surface area contributed by atoms with E-state index < -0.39 is 11.7 Å². The van der Waals surface area contributed by atoms with E-state index in [1.807, 2.05) is 6.92 Å². The molecular weight excluding hydrogens is 393 g/mol. The smallest absolute Gasteiger partial charge is 0.378 e. The number of halogens is 3. The molecule has 0 atom stereocenters. The van der Waals surface area contributed by atoms with E-state index >= 15 is 0 Å². The van der Waals surface area contributed by atoms with E-state index in [0.717, 1.165) is 49.6 Å². The third-order valence-corrected chi connectivity index (χ3v) is 4.82. The second kappa shape index (κ2) is 10.3. The molecule has 3 rings (SSSR count). The van der Waals surface area contributed by atoms with E-state index in [0.29, 0.717) is 25.6 Å². The van der Waals surface area contributed by atoms with Crippen molar-refractivity contribution in [1.82, 2.24) is 10.6 Å². The first-order valence-corrected chi connectivity index (χ1v) is 10.1. The van der Waals surface area contributed by atoms with E-state index in [1.165, 1.54) is 17.8 Å². The van der Waals surface area contributed by atoms with E-state index in [9.17, 15) is 13.2 Å². The van der Waals surface area contributed by atoms with Gasteiger partial charge in [0.1, 0.15) is 0 Å². The van der Waals surface area contributed by atoms with Crippen LogP contribution in [-0.4, -0.2) is 38.8 Å². The molecule has 8 heteroatoms. The summed E-state index contributed by atoms with van der Waals surface area (Å²) in [6.07, 6.45) is -4.32. The zero-order valence-corrected chi connectivity index (χ0v) is 17.0. The molecule has 1 aliphatic heterocycles. The first kappa shape index (κ1) is 22.0. The molecule has 0 aromatic heterocycles. The summed E-state index contributed by atoms with van der Waals surface area (Å²) in [7, 11) is 0. The average molecular weight is 420 g/mol. The summed E-state index contributed by atoms with van der Waals surface area (Å²) >= 11 is 0. The predicted octanol–water partition coefficient (Wildman–Crippen LogP) is 3.80. The summed E-state index contributed by atoms with van der Waals surface area (Å²) in [4.78, 5) is 6.88. The number of aliphatic imine (C=N–C) groups is 1. The molecule has 162 valence electrons. The Balaban J connectivity index is 1.56. The highest BCUT2D eigenvalue weighted by Crippen LogP contribution is 2.29. The van der Waals surface area contributed by atoms with Gasteiger partial charge in [0.15, 0.2) is 5.96 Å². The summed E-state index contributed by atoms with van der Waals surface area (Å²) < 4.78 is 43.4. The number of hydrogen-bond donors (Lipinski definition) is 2. The standard InChI is InChI=1S/C22H27F3N4O/c1-2-26-21(27-15-17-3-7-19(8-4-17)22(23,24)25)28-16-18-5-9-20(10-6-18)29-11-13-30-14-12-29/h3-10H,2,11-16H2,1H3,(H2,26,27,28). The molecule has 5 nitrogen and oxygen atoms in total. The van der Waals surface area contributed by atoms with Gasteiger partial charge < -0.3 is 20.3 Å². The van der Waals surface area contributed by atoms with Crippen molar-refractivity contribution in [2.45, 2.75) is 26.2 Å². The van der Waals surface area contributed by atoms with Crippen LogP contribution in [0.25, 0.3) is 0 Å². The maximum atomic E-state index is 12.7. The predicted molar refractivity (Wildman–Crippen MR) is 113 cm³/mol. The van der Waals surface area contributed by atoms with Crippen LogP contribution in [0.4, 0.5) is 18.9 Å². The molecule has 0 spiro atoms. The van der Waals surface area contributed by atoms with E-state index in [-0.39, 0.29) is 0 Å². The van der Waals surface area contributed by atoms with E-state index in [4.69, 9.17) is 4.74 Å². The number of benzene rings is 2. The molecular formula is C22H27F3N4O. The molecule has 0 aliphatic carbocycles. The van der Waals surface area contributed by atoms with Gasteiger partial charge in [0, 0.05) is 31.9 Å². The summed E-state index contributed by atoms with van der Waals surface area (Å²) in [6, 6.07) is 13.5. The van der Waals surface area contributed by atoms with Crippen LogP contribution < -0.4 is 15.5 Å². The fraction of sp³-hybridized carbons (Fsp3) is 0.409. The lowest BCUT2D eigenvalue weighted by atomic mass is 10.1. The minimum absolute atomic E-state index is 0.389. The molecule has 2 aromatic rings. The lowest BCUT2D eigenvalue weighted by Crippen LogP contribution is -2.36. The highest BCUT2D eigenvalue weighted by Gasteiger charge is 2.29. The Bertz CT molecular complexity index is 814. The van der Waals surface area contributed by atoms with Gasteiger partial charge in [0.25, 0.3) is 0 Å². The Morgan fingerprint density at radius 2 is 1.60 bits per heavy atom. The maximum absolute atomic E-state index is 12.7. The molecule has 0 bridgehead atoms. The van der Waals surface area contributed by atoms with Crippen molar-refractivity contribution in [2.75, 3.05) is 37.7 Å². The van der Waals surface area contributed by atoms with Crippen molar-refractivity contribution in [1.29, 1.82) is 0 Å². The third kappa shape index (κ3) is 6.38.